The molecule has 0 unspecified atom stereocenters. The summed E-state index contributed by atoms with van der Waals surface area (Å²) in [5.41, 5.74) is 0. The lowest BCUT2D eigenvalue weighted by molar-refractivity contribution is 0.0776. The Labute approximate surface area is 149 Å². The van der Waals surface area contributed by atoms with Crippen LogP contribution in [-0.2, 0) is 9.47 Å². The van der Waals surface area contributed by atoms with Crippen LogP contribution in [-0.4, -0.2) is 63.0 Å². The Morgan fingerprint density at radius 1 is 1.19 bits per heavy atom. The SMILES string of the molecule is CN=C(NCC1(SC)CCOCC1)NC1CCOCC1.I. The van der Waals surface area contributed by atoms with Gasteiger partial charge in [-0.1, -0.05) is 0 Å². The molecule has 0 bridgehead atoms. The quantitative estimate of drug-likeness (QED) is 0.406. The lowest BCUT2D eigenvalue weighted by atomic mass is 9.99. The molecule has 7 heteroatoms. The summed E-state index contributed by atoms with van der Waals surface area (Å²) in [7, 11) is 1.84. The van der Waals surface area contributed by atoms with Crippen LogP contribution in [0.4, 0.5) is 0 Å². The predicted octanol–water partition coefficient (Wildman–Crippen LogP) is 1.86. The number of halogens is 1. The second-order valence-corrected chi connectivity index (χ2v) is 6.73. The molecule has 5 nitrogen and oxygen atoms in total. The van der Waals surface area contributed by atoms with Gasteiger partial charge in [0.1, 0.15) is 0 Å². The summed E-state index contributed by atoms with van der Waals surface area (Å²) in [6.07, 6.45) is 6.52. The molecule has 0 aromatic carbocycles. The van der Waals surface area contributed by atoms with Crippen LogP contribution in [0.3, 0.4) is 0 Å². The first-order chi connectivity index (χ1) is 9.78. The van der Waals surface area contributed by atoms with E-state index in [4.69, 9.17) is 9.47 Å². The topological polar surface area (TPSA) is 54.9 Å². The van der Waals surface area contributed by atoms with Crippen LogP contribution in [0.15, 0.2) is 4.99 Å². The maximum atomic E-state index is 5.48. The van der Waals surface area contributed by atoms with E-state index in [-0.39, 0.29) is 28.7 Å². The zero-order valence-corrected chi connectivity index (χ0v) is 16.2. The molecule has 0 aromatic rings. The molecule has 21 heavy (non-hydrogen) atoms. The second-order valence-electron chi connectivity index (χ2n) is 5.46. The van der Waals surface area contributed by atoms with Crippen molar-refractivity contribution in [2.24, 2.45) is 4.99 Å². The normalized spacial score (nSPS) is 23.2. The summed E-state index contributed by atoms with van der Waals surface area (Å²) < 4.78 is 11.1. The standard InChI is InChI=1S/C14H27N3O2S.HI/c1-15-13(17-12-3-7-18-8-4-12)16-11-14(20-2)5-9-19-10-6-14;/h12H,3-11H2,1-2H3,(H2,15,16,17);1H. The molecule has 0 saturated carbocycles. The van der Waals surface area contributed by atoms with Gasteiger partial charge in [-0.3, -0.25) is 4.99 Å². The number of hydrogen-bond donors (Lipinski definition) is 2. The second kappa shape index (κ2) is 10.1. The highest BCUT2D eigenvalue weighted by Crippen LogP contribution is 2.32. The molecule has 2 aliphatic heterocycles. The zero-order chi connectivity index (χ0) is 14.3. The minimum Gasteiger partial charge on any atom is -0.381 e. The van der Waals surface area contributed by atoms with Gasteiger partial charge in [0.05, 0.1) is 0 Å². The highest BCUT2D eigenvalue weighted by molar-refractivity contribution is 14.0. The summed E-state index contributed by atoms with van der Waals surface area (Å²) in [6.45, 7) is 4.38. The summed E-state index contributed by atoms with van der Waals surface area (Å²) >= 11 is 1.95. The molecule has 2 saturated heterocycles. The Morgan fingerprint density at radius 3 is 2.38 bits per heavy atom. The van der Waals surface area contributed by atoms with Gasteiger partial charge in [0.2, 0.25) is 0 Å². The minimum absolute atomic E-state index is 0. The molecule has 124 valence electrons. The third-order valence-corrected chi connectivity index (χ3v) is 5.62. The number of ether oxygens (including phenoxy) is 2. The Morgan fingerprint density at radius 2 is 1.81 bits per heavy atom. The van der Waals surface area contributed by atoms with Gasteiger partial charge in [0.25, 0.3) is 0 Å². The molecular formula is C14H28IN3O2S. The minimum atomic E-state index is 0. The summed E-state index contributed by atoms with van der Waals surface area (Å²) in [5, 5.41) is 7.00. The van der Waals surface area contributed by atoms with E-state index in [2.05, 4.69) is 21.9 Å². The highest BCUT2D eigenvalue weighted by atomic mass is 127. The van der Waals surface area contributed by atoms with E-state index >= 15 is 0 Å². The van der Waals surface area contributed by atoms with E-state index in [9.17, 15) is 0 Å². The molecule has 0 aromatic heterocycles. The molecule has 0 aliphatic carbocycles. The van der Waals surface area contributed by atoms with E-state index in [0.29, 0.717) is 6.04 Å². The van der Waals surface area contributed by atoms with Crippen molar-refractivity contribution in [1.29, 1.82) is 0 Å². The van der Waals surface area contributed by atoms with E-state index in [1.165, 1.54) is 0 Å². The maximum Gasteiger partial charge on any atom is 0.191 e. The Kier molecular flexibility index (Phi) is 9.31. The number of hydrogen-bond acceptors (Lipinski definition) is 4. The molecule has 2 N–H and O–H groups in total. The van der Waals surface area contributed by atoms with Gasteiger partial charge >= 0.3 is 0 Å². The van der Waals surface area contributed by atoms with Crippen LogP contribution in [0.25, 0.3) is 0 Å². The van der Waals surface area contributed by atoms with E-state index in [1.54, 1.807) is 0 Å². The smallest absolute Gasteiger partial charge is 0.191 e. The third-order valence-electron chi connectivity index (χ3n) is 4.20. The van der Waals surface area contributed by atoms with Gasteiger partial charge in [0.15, 0.2) is 5.96 Å². The molecule has 0 radical (unpaired) electrons. The van der Waals surface area contributed by atoms with Gasteiger partial charge in [-0.15, -0.1) is 24.0 Å². The monoisotopic (exact) mass is 429 g/mol. The van der Waals surface area contributed by atoms with Crippen molar-refractivity contribution in [3.8, 4) is 0 Å². The summed E-state index contributed by atoms with van der Waals surface area (Å²) in [6, 6.07) is 0.481. The molecule has 2 aliphatic rings. The number of nitrogens with one attached hydrogen (secondary N) is 2. The lowest BCUT2D eigenvalue weighted by Gasteiger charge is -2.36. The first-order valence-corrected chi connectivity index (χ1v) is 8.68. The van der Waals surface area contributed by atoms with E-state index in [0.717, 1.165) is 64.6 Å². The van der Waals surface area contributed by atoms with Gasteiger partial charge in [-0.05, 0) is 31.9 Å². The van der Waals surface area contributed by atoms with Crippen LogP contribution in [0.1, 0.15) is 25.7 Å². The van der Waals surface area contributed by atoms with Crippen molar-refractivity contribution in [1.82, 2.24) is 10.6 Å². The Bertz CT molecular complexity index is 319. The van der Waals surface area contributed by atoms with Crippen LogP contribution < -0.4 is 10.6 Å². The fourth-order valence-electron chi connectivity index (χ4n) is 2.67. The van der Waals surface area contributed by atoms with E-state index < -0.39 is 0 Å². The number of nitrogens with zero attached hydrogens (tertiary/aromatic N) is 1. The molecule has 2 rings (SSSR count). The molecule has 0 atom stereocenters. The van der Waals surface area contributed by atoms with Gasteiger partial charge in [-0.25, -0.2) is 0 Å². The number of guanidine groups is 1. The van der Waals surface area contributed by atoms with Gasteiger partial charge in [0, 0.05) is 50.8 Å². The van der Waals surface area contributed by atoms with Crippen molar-refractivity contribution in [3.05, 3.63) is 0 Å². The molecular weight excluding hydrogens is 401 g/mol. The van der Waals surface area contributed by atoms with Crippen molar-refractivity contribution in [2.75, 3.05) is 46.3 Å². The largest absolute Gasteiger partial charge is 0.381 e. The number of rotatable bonds is 4. The van der Waals surface area contributed by atoms with Crippen LogP contribution >= 0.6 is 35.7 Å². The van der Waals surface area contributed by atoms with E-state index in [1.807, 2.05) is 18.8 Å². The highest BCUT2D eigenvalue weighted by Gasteiger charge is 2.32. The fourth-order valence-corrected chi connectivity index (χ4v) is 3.46. The Balaban J connectivity index is 0.00000220. The molecule has 2 fully saturated rings. The first-order valence-electron chi connectivity index (χ1n) is 7.46. The Hall–Kier alpha value is 0.270. The molecule has 0 spiro atoms. The first kappa shape index (κ1) is 19.3. The fraction of sp³-hybridized carbons (Fsp3) is 0.929. The van der Waals surface area contributed by atoms with Crippen LogP contribution in [0, 0.1) is 0 Å². The van der Waals surface area contributed by atoms with Crippen molar-refractivity contribution < 1.29 is 9.47 Å². The predicted molar refractivity (Wildman–Crippen MR) is 100 cm³/mol. The lowest BCUT2D eigenvalue weighted by Crippen LogP contribution is -2.50. The average molecular weight is 429 g/mol. The van der Waals surface area contributed by atoms with Crippen molar-refractivity contribution in [2.45, 2.75) is 36.5 Å². The number of aliphatic imine (C=N–C) groups is 1. The summed E-state index contributed by atoms with van der Waals surface area (Å²) in [5.74, 6) is 0.914. The zero-order valence-electron chi connectivity index (χ0n) is 13.0. The number of thioether (sulfide) groups is 1. The third kappa shape index (κ3) is 6.11. The van der Waals surface area contributed by atoms with Crippen LogP contribution in [0.5, 0.6) is 0 Å². The van der Waals surface area contributed by atoms with Crippen LogP contribution in [0.2, 0.25) is 0 Å². The van der Waals surface area contributed by atoms with Crippen molar-refractivity contribution >= 4 is 41.7 Å². The average Bonchev–Trinajstić information content (AvgIpc) is 2.53. The molecule has 2 heterocycles. The maximum absolute atomic E-state index is 5.48. The molecule has 0 amide bonds. The van der Waals surface area contributed by atoms with Gasteiger partial charge < -0.3 is 20.1 Å². The van der Waals surface area contributed by atoms with Crippen molar-refractivity contribution in [3.63, 3.8) is 0 Å². The van der Waals surface area contributed by atoms with Gasteiger partial charge in [-0.2, -0.15) is 11.8 Å². The summed E-state index contributed by atoms with van der Waals surface area (Å²) in [4.78, 5) is 4.35.